The van der Waals surface area contributed by atoms with Gasteiger partial charge < -0.3 is 25.3 Å². The van der Waals surface area contributed by atoms with Crippen molar-refractivity contribution in [1.29, 1.82) is 0 Å². The van der Waals surface area contributed by atoms with Crippen molar-refractivity contribution < 1.29 is 14.3 Å². The second-order valence-electron chi connectivity index (χ2n) is 11.5. The van der Waals surface area contributed by atoms with E-state index in [2.05, 4.69) is 37.6 Å². The van der Waals surface area contributed by atoms with Crippen molar-refractivity contribution in [2.75, 3.05) is 46.4 Å². The summed E-state index contributed by atoms with van der Waals surface area (Å²) in [4.78, 5) is 34.3. The Labute approximate surface area is 243 Å². The Kier molecular flexibility index (Phi) is 10.3. The van der Waals surface area contributed by atoms with Crippen molar-refractivity contribution in [2.45, 2.75) is 63.5 Å². The summed E-state index contributed by atoms with van der Waals surface area (Å²) in [5.74, 6) is 0.785. The van der Waals surface area contributed by atoms with Gasteiger partial charge in [-0.25, -0.2) is 0 Å². The van der Waals surface area contributed by atoms with Gasteiger partial charge in [0.05, 0.1) is 19.7 Å². The molecule has 2 fully saturated rings. The van der Waals surface area contributed by atoms with Gasteiger partial charge in [-0.05, 0) is 74.9 Å². The molecule has 220 valence electrons. The number of aromatic amines is 1. The number of nitrogens with one attached hydrogen (secondary N) is 3. The standard InChI is InChI=1S/C33H45N5O3/c1-41-31-12-6-3-9-25(31)13-14-32(39)35-23-27(21-26-22-34-30-11-5-4-10-29(26)30)36-33(40)24-37-19-15-28(16-20-37)38-17-7-2-8-18-38/h3-6,9-12,22,27-28,34H,2,7-8,13-21,23-24H2,1H3,(H,35,39)(H,36,40). The predicted octanol–water partition coefficient (Wildman–Crippen LogP) is 3.90. The first-order chi connectivity index (χ1) is 20.1. The van der Waals surface area contributed by atoms with Crippen LogP contribution in [0.15, 0.2) is 54.7 Å². The van der Waals surface area contributed by atoms with Gasteiger partial charge in [-0.15, -0.1) is 0 Å². The highest BCUT2D eigenvalue weighted by Crippen LogP contribution is 2.22. The summed E-state index contributed by atoms with van der Waals surface area (Å²) in [6.07, 6.45) is 9.87. The van der Waals surface area contributed by atoms with Crippen LogP contribution < -0.4 is 15.4 Å². The zero-order chi connectivity index (χ0) is 28.4. The largest absolute Gasteiger partial charge is 0.496 e. The van der Waals surface area contributed by atoms with Crippen LogP contribution >= 0.6 is 0 Å². The monoisotopic (exact) mass is 559 g/mol. The number of nitrogens with zero attached hydrogens (tertiary/aromatic N) is 2. The Morgan fingerprint density at radius 2 is 1.71 bits per heavy atom. The third kappa shape index (κ3) is 8.11. The quantitative estimate of drug-likeness (QED) is 0.313. The number of para-hydroxylation sites is 2. The fraction of sp³-hybridized carbons (Fsp3) is 0.515. The van der Waals surface area contributed by atoms with Crippen molar-refractivity contribution in [3.63, 3.8) is 0 Å². The molecule has 2 aliphatic rings. The topological polar surface area (TPSA) is 89.7 Å². The van der Waals surface area contributed by atoms with Gasteiger partial charge >= 0.3 is 0 Å². The molecular weight excluding hydrogens is 514 g/mol. The van der Waals surface area contributed by atoms with Crippen LogP contribution in [0.5, 0.6) is 5.75 Å². The molecule has 2 aliphatic heterocycles. The number of ether oxygens (including phenoxy) is 1. The molecule has 0 spiro atoms. The summed E-state index contributed by atoms with van der Waals surface area (Å²) in [7, 11) is 1.65. The predicted molar refractivity (Wildman–Crippen MR) is 163 cm³/mol. The SMILES string of the molecule is COc1ccccc1CCC(=O)NCC(Cc1c[nH]c2ccccc12)NC(=O)CN1CCC(N2CCCCC2)CC1. The van der Waals surface area contributed by atoms with E-state index in [1.807, 2.05) is 42.6 Å². The molecule has 3 aromatic rings. The number of benzene rings is 2. The summed E-state index contributed by atoms with van der Waals surface area (Å²) >= 11 is 0. The van der Waals surface area contributed by atoms with Crippen molar-refractivity contribution >= 4 is 22.7 Å². The molecule has 2 aromatic carbocycles. The lowest BCUT2D eigenvalue weighted by Gasteiger charge is -2.40. The molecule has 2 saturated heterocycles. The average molecular weight is 560 g/mol. The van der Waals surface area contributed by atoms with Gasteiger partial charge in [-0.3, -0.25) is 14.5 Å². The maximum absolute atomic E-state index is 13.2. The molecule has 8 nitrogen and oxygen atoms in total. The number of hydrogen-bond acceptors (Lipinski definition) is 5. The number of methoxy groups -OCH3 is 1. The summed E-state index contributed by atoms with van der Waals surface area (Å²) in [5.41, 5.74) is 3.22. The number of amides is 2. The number of fused-ring (bicyclic) bond motifs is 1. The smallest absolute Gasteiger partial charge is 0.234 e. The molecule has 3 N–H and O–H groups in total. The maximum atomic E-state index is 13.2. The highest BCUT2D eigenvalue weighted by molar-refractivity contribution is 5.83. The molecule has 0 aliphatic carbocycles. The molecular formula is C33H45N5O3. The third-order valence-electron chi connectivity index (χ3n) is 8.70. The molecule has 1 unspecified atom stereocenters. The van der Waals surface area contributed by atoms with E-state index in [4.69, 9.17) is 4.74 Å². The van der Waals surface area contributed by atoms with Crippen LogP contribution in [0.1, 0.15) is 49.7 Å². The molecule has 8 heteroatoms. The van der Waals surface area contributed by atoms with E-state index in [-0.39, 0.29) is 17.9 Å². The van der Waals surface area contributed by atoms with E-state index in [9.17, 15) is 9.59 Å². The molecule has 41 heavy (non-hydrogen) atoms. The number of aromatic nitrogens is 1. The number of aryl methyl sites for hydroxylation is 1. The fourth-order valence-corrected chi connectivity index (χ4v) is 6.43. The van der Waals surface area contributed by atoms with Crippen LogP contribution in [0, 0.1) is 0 Å². The number of hydrogen-bond donors (Lipinski definition) is 3. The molecule has 0 radical (unpaired) electrons. The van der Waals surface area contributed by atoms with Crippen LogP contribution in [0.2, 0.25) is 0 Å². The van der Waals surface area contributed by atoms with Crippen LogP contribution in [0.3, 0.4) is 0 Å². The van der Waals surface area contributed by atoms with Crippen molar-refractivity contribution in [3.8, 4) is 5.75 Å². The first-order valence-electron chi connectivity index (χ1n) is 15.3. The summed E-state index contributed by atoms with van der Waals surface area (Å²) in [6.45, 7) is 5.16. The minimum atomic E-state index is -0.206. The normalized spacial score (nSPS) is 17.8. The minimum Gasteiger partial charge on any atom is -0.496 e. The van der Waals surface area contributed by atoms with Crippen molar-refractivity contribution in [1.82, 2.24) is 25.4 Å². The molecule has 1 aromatic heterocycles. The van der Waals surface area contributed by atoms with Gasteiger partial charge in [-0.1, -0.05) is 42.8 Å². The van der Waals surface area contributed by atoms with Crippen LogP contribution in [0.4, 0.5) is 0 Å². The first kappa shape index (κ1) is 29.1. The molecule has 3 heterocycles. The lowest BCUT2D eigenvalue weighted by Crippen LogP contribution is -2.51. The summed E-state index contributed by atoms with van der Waals surface area (Å²) in [5, 5.41) is 7.48. The first-order valence-corrected chi connectivity index (χ1v) is 15.3. The molecule has 2 amide bonds. The zero-order valence-electron chi connectivity index (χ0n) is 24.4. The van der Waals surface area contributed by atoms with Crippen LogP contribution in [0.25, 0.3) is 10.9 Å². The zero-order valence-corrected chi connectivity index (χ0v) is 24.4. The highest BCUT2D eigenvalue weighted by atomic mass is 16.5. The van der Waals surface area contributed by atoms with Crippen LogP contribution in [-0.4, -0.2) is 85.1 Å². The number of H-pyrrole nitrogens is 1. The van der Waals surface area contributed by atoms with Gasteiger partial charge in [0, 0.05) is 49.2 Å². The fourth-order valence-electron chi connectivity index (χ4n) is 6.43. The Balaban J connectivity index is 1.15. The number of rotatable bonds is 12. The van der Waals surface area contributed by atoms with Crippen molar-refractivity contribution in [2.24, 2.45) is 0 Å². The van der Waals surface area contributed by atoms with E-state index < -0.39 is 0 Å². The minimum absolute atomic E-state index is 0.0227. The van der Waals surface area contributed by atoms with E-state index in [1.165, 1.54) is 32.4 Å². The van der Waals surface area contributed by atoms with Gasteiger partial charge in [0.25, 0.3) is 0 Å². The molecule has 1 atom stereocenters. The Morgan fingerprint density at radius 1 is 0.951 bits per heavy atom. The lowest BCUT2D eigenvalue weighted by atomic mass is 10.00. The van der Waals surface area contributed by atoms with Gasteiger partial charge in [0.15, 0.2) is 0 Å². The second-order valence-corrected chi connectivity index (χ2v) is 11.5. The maximum Gasteiger partial charge on any atom is 0.234 e. The molecule has 0 saturated carbocycles. The number of piperidine rings is 2. The van der Waals surface area contributed by atoms with E-state index >= 15 is 0 Å². The highest BCUT2D eigenvalue weighted by Gasteiger charge is 2.27. The lowest BCUT2D eigenvalue weighted by molar-refractivity contribution is -0.124. The van der Waals surface area contributed by atoms with Gasteiger partial charge in [-0.2, -0.15) is 0 Å². The summed E-state index contributed by atoms with van der Waals surface area (Å²) < 4.78 is 5.42. The van der Waals surface area contributed by atoms with Gasteiger partial charge in [0.1, 0.15) is 5.75 Å². The number of carbonyl (C=O) groups excluding carboxylic acids is 2. The summed E-state index contributed by atoms with van der Waals surface area (Å²) in [6, 6.07) is 16.4. The van der Waals surface area contributed by atoms with E-state index in [0.717, 1.165) is 53.7 Å². The third-order valence-corrected chi connectivity index (χ3v) is 8.70. The average Bonchev–Trinajstić information content (AvgIpc) is 3.42. The molecule has 0 bridgehead atoms. The Bertz CT molecular complexity index is 1280. The Morgan fingerprint density at radius 3 is 2.51 bits per heavy atom. The number of carbonyl (C=O) groups is 2. The van der Waals surface area contributed by atoms with Crippen LogP contribution in [-0.2, 0) is 22.4 Å². The molecule has 5 rings (SSSR count). The van der Waals surface area contributed by atoms with E-state index in [0.29, 0.717) is 38.4 Å². The second kappa shape index (κ2) is 14.5. The Hall–Kier alpha value is -3.36. The van der Waals surface area contributed by atoms with Gasteiger partial charge in [0.2, 0.25) is 11.8 Å². The van der Waals surface area contributed by atoms with Crippen molar-refractivity contribution in [3.05, 3.63) is 65.9 Å². The van der Waals surface area contributed by atoms with E-state index in [1.54, 1.807) is 7.11 Å². The number of likely N-dealkylation sites (tertiary alicyclic amines) is 2.